The number of anilines is 2. The number of carbonyl (C=O) groups excluding carboxylic acids is 2. The van der Waals surface area contributed by atoms with Crippen molar-refractivity contribution in [3.63, 3.8) is 0 Å². The molecule has 0 saturated carbocycles. The molecule has 1 fully saturated rings. The molecule has 0 aliphatic carbocycles. The van der Waals surface area contributed by atoms with Gasteiger partial charge in [-0.1, -0.05) is 6.58 Å². The number of hydrogen-bond acceptors (Lipinski definition) is 5. The summed E-state index contributed by atoms with van der Waals surface area (Å²) in [6.45, 7) is 7.13. The van der Waals surface area contributed by atoms with Crippen LogP contribution in [0.3, 0.4) is 0 Å². The average molecular weight is 464 g/mol. The maximum absolute atomic E-state index is 13.4. The summed E-state index contributed by atoms with van der Waals surface area (Å²) in [6, 6.07) is 10.7. The van der Waals surface area contributed by atoms with E-state index in [1.807, 2.05) is 0 Å². The summed E-state index contributed by atoms with van der Waals surface area (Å²) in [5.74, 6) is -1.08. The molecule has 1 heterocycles. The van der Waals surface area contributed by atoms with Gasteiger partial charge in [0.2, 0.25) is 0 Å². The summed E-state index contributed by atoms with van der Waals surface area (Å²) in [4.78, 5) is 27.2. The van der Waals surface area contributed by atoms with Crippen molar-refractivity contribution in [2.45, 2.75) is 25.6 Å². The van der Waals surface area contributed by atoms with Gasteiger partial charge in [-0.2, -0.15) is 18.4 Å². The van der Waals surface area contributed by atoms with E-state index in [0.29, 0.717) is 5.69 Å². The first-order valence-corrected chi connectivity index (χ1v) is 9.77. The minimum atomic E-state index is -4.77. The number of benzene rings is 2. The van der Waals surface area contributed by atoms with E-state index in [9.17, 15) is 22.8 Å². The number of nitriles is 1. The number of ether oxygens (including phenoxy) is 1. The van der Waals surface area contributed by atoms with E-state index in [2.05, 4.69) is 6.58 Å². The minimum absolute atomic E-state index is 0.0606. The molecule has 166 valence electrons. The molecule has 0 bridgehead atoms. The van der Waals surface area contributed by atoms with E-state index in [-0.39, 0.29) is 23.1 Å². The molecular formula is C22H17ClF3N3O3. The smallest absolute Gasteiger partial charge is 0.417 e. The van der Waals surface area contributed by atoms with E-state index >= 15 is 0 Å². The van der Waals surface area contributed by atoms with Crippen molar-refractivity contribution in [2.24, 2.45) is 0 Å². The Morgan fingerprint density at radius 3 is 2.31 bits per heavy atom. The normalized spacial score (nSPS) is 15.7. The number of carbonyl (C=O) groups is 2. The first-order valence-electron chi connectivity index (χ1n) is 9.23. The van der Waals surface area contributed by atoms with Crippen molar-refractivity contribution >= 4 is 34.9 Å². The second-order valence-corrected chi connectivity index (χ2v) is 7.66. The van der Waals surface area contributed by atoms with Crippen molar-refractivity contribution in [1.29, 1.82) is 5.26 Å². The van der Waals surface area contributed by atoms with Gasteiger partial charge < -0.3 is 9.64 Å². The standard InChI is InChI=1S/C22H17ClF3N3O3/c1-13-28(16-5-4-14(12-27)18(10-16)22(24,25)26)20(31)21(2,3)29(13)15-6-8-17(9-7-15)32-19(30)11-23/h4-10H,1,11H2,2-3H3. The third-order valence-electron chi connectivity index (χ3n) is 4.92. The second-order valence-electron chi connectivity index (χ2n) is 7.39. The molecule has 0 atom stereocenters. The Morgan fingerprint density at radius 2 is 1.78 bits per heavy atom. The zero-order valence-electron chi connectivity index (χ0n) is 17.0. The van der Waals surface area contributed by atoms with E-state index in [1.165, 1.54) is 24.3 Å². The van der Waals surface area contributed by atoms with Crippen LogP contribution in [0.4, 0.5) is 24.5 Å². The number of nitrogens with zero attached hydrogens (tertiary/aromatic N) is 3. The third kappa shape index (κ3) is 4.01. The molecule has 0 aromatic heterocycles. The van der Waals surface area contributed by atoms with Gasteiger partial charge in [-0.25, -0.2) is 0 Å². The predicted molar refractivity (Wildman–Crippen MR) is 112 cm³/mol. The van der Waals surface area contributed by atoms with Crippen LogP contribution in [0.1, 0.15) is 25.0 Å². The van der Waals surface area contributed by atoms with Crippen LogP contribution in [-0.4, -0.2) is 23.3 Å². The number of halogens is 4. The van der Waals surface area contributed by atoms with Gasteiger partial charge >= 0.3 is 12.1 Å². The van der Waals surface area contributed by atoms with Gasteiger partial charge in [-0.15, -0.1) is 11.6 Å². The molecule has 1 saturated heterocycles. The summed E-state index contributed by atoms with van der Waals surface area (Å²) < 4.78 is 45.3. The fraction of sp³-hybridized carbons (Fsp3) is 0.227. The van der Waals surface area contributed by atoms with E-state index in [1.54, 1.807) is 30.9 Å². The summed E-state index contributed by atoms with van der Waals surface area (Å²) in [6.07, 6.45) is -4.77. The van der Waals surface area contributed by atoms with E-state index < -0.39 is 34.7 Å². The molecule has 0 unspecified atom stereocenters. The Balaban J connectivity index is 2.01. The molecule has 0 N–H and O–H groups in total. The van der Waals surface area contributed by atoms with Crippen LogP contribution < -0.4 is 14.5 Å². The zero-order chi connectivity index (χ0) is 23.8. The van der Waals surface area contributed by atoms with E-state index in [0.717, 1.165) is 17.0 Å². The SMILES string of the molecule is C=C1N(c2ccc(C#N)c(C(F)(F)F)c2)C(=O)C(C)(C)N1c1ccc(OC(=O)CCl)cc1. The number of esters is 1. The van der Waals surface area contributed by atoms with Gasteiger partial charge in [0, 0.05) is 5.69 Å². The third-order valence-corrected chi connectivity index (χ3v) is 5.14. The highest BCUT2D eigenvalue weighted by atomic mass is 35.5. The zero-order valence-corrected chi connectivity index (χ0v) is 17.8. The molecular weight excluding hydrogens is 447 g/mol. The summed E-state index contributed by atoms with van der Waals surface area (Å²) in [7, 11) is 0. The van der Waals surface area contributed by atoms with E-state index in [4.69, 9.17) is 21.6 Å². The molecule has 1 amide bonds. The quantitative estimate of drug-likeness (QED) is 0.369. The van der Waals surface area contributed by atoms with Crippen molar-refractivity contribution in [3.05, 3.63) is 66.0 Å². The van der Waals surface area contributed by atoms with Crippen LogP contribution in [0.15, 0.2) is 54.9 Å². The molecule has 3 rings (SSSR count). The Labute approximate surface area is 187 Å². The Morgan fingerprint density at radius 1 is 1.19 bits per heavy atom. The molecule has 2 aromatic rings. The largest absolute Gasteiger partial charge is 0.426 e. The highest BCUT2D eigenvalue weighted by molar-refractivity contribution is 6.26. The maximum Gasteiger partial charge on any atom is 0.417 e. The van der Waals surface area contributed by atoms with Crippen LogP contribution >= 0.6 is 11.6 Å². The molecule has 2 aromatic carbocycles. The fourth-order valence-electron chi connectivity index (χ4n) is 3.47. The topological polar surface area (TPSA) is 73.6 Å². The highest BCUT2D eigenvalue weighted by Gasteiger charge is 2.49. The average Bonchev–Trinajstić information content (AvgIpc) is 2.91. The monoisotopic (exact) mass is 463 g/mol. The number of alkyl halides is 4. The Kier molecular flexibility index (Phi) is 5.94. The van der Waals surface area contributed by atoms with Gasteiger partial charge in [-0.3, -0.25) is 14.5 Å². The lowest BCUT2D eigenvalue weighted by Gasteiger charge is -2.30. The van der Waals surface area contributed by atoms with Crippen LogP contribution in [0.2, 0.25) is 0 Å². The van der Waals surface area contributed by atoms with Crippen LogP contribution in [0.5, 0.6) is 5.75 Å². The summed E-state index contributed by atoms with van der Waals surface area (Å²) in [5, 5.41) is 9.01. The minimum Gasteiger partial charge on any atom is -0.426 e. The van der Waals surface area contributed by atoms with Crippen LogP contribution in [-0.2, 0) is 15.8 Å². The summed E-state index contributed by atoms with van der Waals surface area (Å²) in [5.41, 5.74) is -2.42. The molecule has 6 nitrogen and oxygen atoms in total. The maximum atomic E-state index is 13.4. The van der Waals surface area contributed by atoms with Gasteiger partial charge in [0.05, 0.1) is 22.9 Å². The Bertz CT molecular complexity index is 1140. The summed E-state index contributed by atoms with van der Waals surface area (Å²) >= 11 is 5.42. The van der Waals surface area contributed by atoms with Crippen LogP contribution in [0, 0.1) is 11.3 Å². The lowest BCUT2D eigenvalue weighted by molar-refractivity contribution is -0.138. The lowest BCUT2D eigenvalue weighted by atomic mass is 10.0. The van der Waals surface area contributed by atoms with Crippen molar-refractivity contribution < 1.29 is 27.5 Å². The van der Waals surface area contributed by atoms with Crippen molar-refractivity contribution in [2.75, 3.05) is 15.7 Å². The number of hydrogen-bond donors (Lipinski definition) is 0. The highest BCUT2D eigenvalue weighted by Crippen LogP contribution is 2.42. The first kappa shape index (κ1) is 23.2. The van der Waals surface area contributed by atoms with Gasteiger partial charge in [-0.05, 0) is 56.3 Å². The molecule has 1 aliphatic rings. The molecule has 0 spiro atoms. The lowest BCUT2D eigenvalue weighted by Crippen LogP contribution is -2.43. The molecule has 0 radical (unpaired) electrons. The first-order chi connectivity index (χ1) is 14.9. The molecule has 10 heteroatoms. The molecule has 1 aliphatic heterocycles. The van der Waals surface area contributed by atoms with Crippen molar-refractivity contribution in [3.8, 4) is 11.8 Å². The number of amides is 1. The number of rotatable bonds is 4. The Hall–Kier alpha value is -3.51. The van der Waals surface area contributed by atoms with Gasteiger partial charge in [0.15, 0.2) is 0 Å². The predicted octanol–water partition coefficient (Wildman–Crippen LogP) is 4.82. The van der Waals surface area contributed by atoms with Gasteiger partial charge in [0.1, 0.15) is 23.0 Å². The fourth-order valence-corrected chi connectivity index (χ4v) is 3.53. The van der Waals surface area contributed by atoms with Crippen LogP contribution in [0.25, 0.3) is 0 Å². The molecule has 32 heavy (non-hydrogen) atoms. The second kappa shape index (κ2) is 8.20. The van der Waals surface area contributed by atoms with Gasteiger partial charge in [0.25, 0.3) is 5.91 Å². The van der Waals surface area contributed by atoms with Crippen molar-refractivity contribution in [1.82, 2.24) is 0 Å².